The highest BCUT2D eigenvalue weighted by Crippen LogP contribution is 2.13. The molecule has 0 aliphatic carbocycles. The molecule has 1 N–H and O–H groups in total. The highest BCUT2D eigenvalue weighted by atomic mass is 16.6. The van der Waals surface area contributed by atoms with Crippen LogP contribution in [0.2, 0.25) is 0 Å². The average Bonchev–Trinajstić information content (AvgIpc) is 2.76. The van der Waals surface area contributed by atoms with Gasteiger partial charge in [0.05, 0.1) is 6.54 Å². The number of nitrogens with zero attached hydrogens (tertiary/aromatic N) is 3. The first kappa shape index (κ1) is 24.1. The molecule has 12 heteroatoms. The molecule has 0 bridgehead atoms. The van der Waals surface area contributed by atoms with Gasteiger partial charge in [0, 0.05) is 18.2 Å². The van der Waals surface area contributed by atoms with Crippen LogP contribution in [0, 0.1) is 0 Å². The summed E-state index contributed by atoms with van der Waals surface area (Å²) in [7, 11) is 0. The van der Waals surface area contributed by atoms with Crippen LogP contribution in [0.3, 0.4) is 0 Å². The SMILES string of the molecule is C=CC(=O)OCCNc1nc(OCCOC(=O)C=C)nc(OCCOC(=O)C=C)n1. The van der Waals surface area contributed by atoms with E-state index in [2.05, 4.69) is 40.0 Å². The van der Waals surface area contributed by atoms with Gasteiger partial charge in [-0.3, -0.25) is 0 Å². The summed E-state index contributed by atoms with van der Waals surface area (Å²) in [5.41, 5.74) is 0. The van der Waals surface area contributed by atoms with Crippen molar-refractivity contribution in [2.45, 2.75) is 0 Å². The van der Waals surface area contributed by atoms with Gasteiger partial charge in [-0.1, -0.05) is 19.7 Å². The Morgan fingerprint density at radius 2 is 1.13 bits per heavy atom. The number of hydrogen-bond donors (Lipinski definition) is 1. The fourth-order valence-corrected chi connectivity index (χ4v) is 1.59. The van der Waals surface area contributed by atoms with Crippen LogP contribution in [0.1, 0.15) is 0 Å². The van der Waals surface area contributed by atoms with Gasteiger partial charge in [-0.05, 0) is 0 Å². The van der Waals surface area contributed by atoms with Gasteiger partial charge >= 0.3 is 29.9 Å². The zero-order valence-electron chi connectivity index (χ0n) is 16.2. The standard InChI is InChI=1S/C18H22N4O8/c1-4-13(23)26-8-7-19-16-20-17(29-11-9-27-14(24)5-2)22-18(21-16)30-12-10-28-15(25)6-3/h4-6H,1-3,7-12H2,(H,19,20,21,22). The van der Waals surface area contributed by atoms with E-state index in [-0.39, 0.29) is 57.5 Å². The Kier molecular flexibility index (Phi) is 11.3. The van der Waals surface area contributed by atoms with Crippen LogP contribution in [0.4, 0.5) is 5.95 Å². The lowest BCUT2D eigenvalue weighted by atomic mass is 10.6. The summed E-state index contributed by atoms with van der Waals surface area (Å²) in [5.74, 6) is -1.67. The summed E-state index contributed by atoms with van der Waals surface area (Å²) in [6, 6.07) is -0.216. The quantitative estimate of drug-likeness (QED) is 0.178. The summed E-state index contributed by atoms with van der Waals surface area (Å²) < 4.78 is 25.0. The molecule has 30 heavy (non-hydrogen) atoms. The number of carbonyl (C=O) groups excluding carboxylic acids is 3. The highest BCUT2D eigenvalue weighted by molar-refractivity contribution is 5.81. The monoisotopic (exact) mass is 422 g/mol. The molecule has 1 rings (SSSR count). The predicted octanol–water partition coefficient (Wildman–Crippen LogP) is 0.229. The van der Waals surface area contributed by atoms with E-state index in [4.69, 9.17) is 23.7 Å². The molecule has 0 aliphatic rings. The summed E-state index contributed by atoms with van der Waals surface area (Å²) in [5, 5.41) is 2.81. The molecule has 162 valence electrons. The van der Waals surface area contributed by atoms with E-state index in [9.17, 15) is 14.4 Å². The minimum atomic E-state index is -0.594. The molecule has 0 unspecified atom stereocenters. The van der Waals surface area contributed by atoms with Crippen molar-refractivity contribution in [2.24, 2.45) is 0 Å². The van der Waals surface area contributed by atoms with Gasteiger partial charge in [-0.15, -0.1) is 4.98 Å². The molecule has 0 spiro atoms. The Labute approximate surface area is 172 Å². The van der Waals surface area contributed by atoms with Crippen molar-refractivity contribution >= 4 is 23.9 Å². The van der Waals surface area contributed by atoms with Gasteiger partial charge in [0.1, 0.15) is 33.0 Å². The van der Waals surface area contributed by atoms with Crippen LogP contribution in [0.5, 0.6) is 12.0 Å². The first-order valence-electron chi connectivity index (χ1n) is 8.61. The molecule has 1 aromatic heterocycles. The fraction of sp³-hybridized carbons (Fsp3) is 0.333. The van der Waals surface area contributed by atoms with Crippen LogP contribution < -0.4 is 14.8 Å². The Morgan fingerprint density at radius 1 is 0.700 bits per heavy atom. The molecule has 12 nitrogen and oxygen atoms in total. The third kappa shape index (κ3) is 10.4. The third-order valence-corrected chi connectivity index (χ3v) is 2.84. The number of ether oxygens (including phenoxy) is 5. The van der Waals surface area contributed by atoms with E-state index in [0.717, 1.165) is 18.2 Å². The number of nitrogens with one attached hydrogen (secondary N) is 1. The van der Waals surface area contributed by atoms with E-state index in [1.807, 2.05) is 0 Å². The molecule has 0 amide bonds. The van der Waals surface area contributed by atoms with E-state index >= 15 is 0 Å². The molecule has 0 aromatic carbocycles. The second-order valence-electron chi connectivity index (χ2n) is 4.96. The first-order chi connectivity index (χ1) is 14.5. The normalized spacial score (nSPS) is 9.60. The number of rotatable bonds is 15. The molecule has 1 heterocycles. The van der Waals surface area contributed by atoms with Gasteiger partial charge in [0.2, 0.25) is 5.95 Å². The first-order valence-corrected chi connectivity index (χ1v) is 8.61. The molecule has 0 saturated carbocycles. The molecule has 0 saturated heterocycles. The zero-order valence-corrected chi connectivity index (χ0v) is 16.2. The van der Waals surface area contributed by atoms with Crippen molar-refractivity contribution in [3.05, 3.63) is 38.0 Å². The van der Waals surface area contributed by atoms with E-state index in [1.165, 1.54) is 0 Å². The topological polar surface area (TPSA) is 148 Å². The predicted molar refractivity (Wildman–Crippen MR) is 103 cm³/mol. The number of esters is 3. The minimum absolute atomic E-state index is 0.0314. The Hall–Kier alpha value is -3.96. The van der Waals surface area contributed by atoms with Gasteiger partial charge in [0.25, 0.3) is 0 Å². The van der Waals surface area contributed by atoms with Gasteiger partial charge < -0.3 is 29.0 Å². The van der Waals surface area contributed by atoms with Crippen molar-refractivity contribution in [2.75, 3.05) is 44.9 Å². The number of anilines is 1. The number of aromatic nitrogens is 3. The average molecular weight is 422 g/mol. The smallest absolute Gasteiger partial charge is 0.330 e. The van der Waals surface area contributed by atoms with Crippen molar-refractivity contribution in [1.82, 2.24) is 15.0 Å². The second-order valence-corrected chi connectivity index (χ2v) is 4.96. The summed E-state index contributed by atoms with van der Waals surface area (Å²) in [4.78, 5) is 45.0. The van der Waals surface area contributed by atoms with Crippen molar-refractivity contribution in [3.63, 3.8) is 0 Å². The van der Waals surface area contributed by atoms with Crippen LogP contribution in [0.15, 0.2) is 38.0 Å². The minimum Gasteiger partial charge on any atom is -0.461 e. The maximum Gasteiger partial charge on any atom is 0.330 e. The van der Waals surface area contributed by atoms with Gasteiger partial charge in [-0.2, -0.15) is 9.97 Å². The molecule has 0 radical (unpaired) electrons. The fourth-order valence-electron chi connectivity index (χ4n) is 1.59. The maximum absolute atomic E-state index is 11.0. The van der Waals surface area contributed by atoms with Crippen molar-refractivity contribution < 1.29 is 38.1 Å². The Morgan fingerprint density at radius 3 is 1.57 bits per heavy atom. The lowest BCUT2D eigenvalue weighted by Crippen LogP contribution is -2.17. The molecular weight excluding hydrogens is 400 g/mol. The van der Waals surface area contributed by atoms with Crippen molar-refractivity contribution in [3.8, 4) is 12.0 Å². The van der Waals surface area contributed by atoms with Crippen LogP contribution in [-0.4, -0.2) is 72.4 Å². The largest absolute Gasteiger partial charge is 0.461 e. The Balaban J connectivity index is 2.65. The van der Waals surface area contributed by atoms with E-state index in [1.54, 1.807) is 0 Å². The highest BCUT2D eigenvalue weighted by Gasteiger charge is 2.10. The summed E-state index contributed by atoms with van der Waals surface area (Å²) in [6.45, 7) is 9.91. The lowest BCUT2D eigenvalue weighted by molar-refractivity contribution is -0.139. The lowest BCUT2D eigenvalue weighted by Gasteiger charge is -2.10. The molecule has 1 aromatic rings. The Bertz CT molecular complexity index is 656. The zero-order chi connectivity index (χ0) is 22.2. The van der Waals surface area contributed by atoms with Crippen LogP contribution in [-0.2, 0) is 28.6 Å². The summed E-state index contributed by atoms with van der Waals surface area (Å²) >= 11 is 0. The van der Waals surface area contributed by atoms with Gasteiger partial charge in [0.15, 0.2) is 0 Å². The second kappa shape index (κ2) is 14.1. The molecule has 0 aliphatic heterocycles. The molecule has 0 fully saturated rings. The summed E-state index contributed by atoms with van der Waals surface area (Å²) in [6.07, 6.45) is 3.09. The number of carbonyl (C=O) groups is 3. The third-order valence-electron chi connectivity index (χ3n) is 2.84. The molecular formula is C18H22N4O8. The van der Waals surface area contributed by atoms with Crippen LogP contribution in [0.25, 0.3) is 0 Å². The van der Waals surface area contributed by atoms with E-state index in [0.29, 0.717) is 0 Å². The maximum atomic E-state index is 11.0. The number of hydrogen-bond acceptors (Lipinski definition) is 12. The molecule has 0 atom stereocenters. The van der Waals surface area contributed by atoms with Crippen molar-refractivity contribution in [1.29, 1.82) is 0 Å². The van der Waals surface area contributed by atoms with Crippen LogP contribution >= 0.6 is 0 Å². The van der Waals surface area contributed by atoms with E-state index < -0.39 is 17.9 Å². The van der Waals surface area contributed by atoms with Gasteiger partial charge in [-0.25, -0.2) is 14.4 Å².